The average Bonchev–Trinajstić information content (AvgIpc) is 3.27. The second-order valence-corrected chi connectivity index (χ2v) is 6.64. The Hall–Kier alpha value is -2.97. The van der Waals surface area contributed by atoms with Gasteiger partial charge in [-0.1, -0.05) is 23.2 Å². The SMILES string of the molecule is O=C(Cn1nnc(-c2ccc(Cl)cc2)n1)NCc1cn2cc(Cl)ccc2n1. The van der Waals surface area contributed by atoms with Crippen molar-refractivity contribution in [3.05, 3.63) is 64.5 Å². The van der Waals surface area contributed by atoms with Crippen LogP contribution in [0.3, 0.4) is 0 Å². The second-order valence-electron chi connectivity index (χ2n) is 5.77. The number of imidazole rings is 1. The van der Waals surface area contributed by atoms with E-state index in [1.807, 2.05) is 12.3 Å². The number of hydrogen-bond acceptors (Lipinski definition) is 5. The Morgan fingerprint density at radius 2 is 1.81 bits per heavy atom. The summed E-state index contributed by atoms with van der Waals surface area (Å²) in [5, 5.41) is 16.1. The molecule has 0 bridgehead atoms. The Kier molecular flexibility index (Phi) is 4.74. The van der Waals surface area contributed by atoms with Crippen molar-refractivity contribution in [2.45, 2.75) is 13.1 Å². The largest absolute Gasteiger partial charge is 0.349 e. The van der Waals surface area contributed by atoms with E-state index in [1.165, 1.54) is 4.80 Å². The molecule has 1 N–H and O–H groups in total. The zero-order valence-electron chi connectivity index (χ0n) is 13.9. The summed E-state index contributed by atoms with van der Waals surface area (Å²) < 4.78 is 1.81. The topological polar surface area (TPSA) is 90.0 Å². The maximum absolute atomic E-state index is 12.1. The minimum absolute atomic E-state index is 0.0419. The average molecular weight is 402 g/mol. The normalized spacial score (nSPS) is 11.0. The van der Waals surface area contributed by atoms with Crippen molar-refractivity contribution in [3.63, 3.8) is 0 Å². The van der Waals surface area contributed by atoms with E-state index in [0.29, 0.717) is 15.9 Å². The Bertz CT molecular complexity index is 1100. The van der Waals surface area contributed by atoms with Crippen molar-refractivity contribution in [1.82, 2.24) is 34.9 Å². The minimum atomic E-state index is -0.245. The van der Waals surface area contributed by atoms with Gasteiger partial charge in [0, 0.05) is 23.0 Å². The Balaban J connectivity index is 1.37. The first kappa shape index (κ1) is 17.4. The first-order valence-corrected chi connectivity index (χ1v) is 8.76. The summed E-state index contributed by atoms with van der Waals surface area (Å²) in [4.78, 5) is 17.8. The molecule has 4 rings (SSSR count). The molecule has 0 fully saturated rings. The van der Waals surface area contributed by atoms with Crippen LogP contribution in [0.25, 0.3) is 17.0 Å². The van der Waals surface area contributed by atoms with Gasteiger partial charge in [0.2, 0.25) is 11.7 Å². The van der Waals surface area contributed by atoms with Gasteiger partial charge in [-0.3, -0.25) is 4.79 Å². The summed E-state index contributed by atoms with van der Waals surface area (Å²) in [6, 6.07) is 10.6. The van der Waals surface area contributed by atoms with Gasteiger partial charge in [-0.2, -0.15) is 4.80 Å². The van der Waals surface area contributed by atoms with Crippen LogP contribution in [0.15, 0.2) is 48.8 Å². The third kappa shape index (κ3) is 4.07. The minimum Gasteiger partial charge on any atom is -0.349 e. The molecule has 0 atom stereocenters. The van der Waals surface area contributed by atoms with Crippen LogP contribution in [0.2, 0.25) is 10.0 Å². The van der Waals surface area contributed by atoms with Crippen LogP contribution < -0.4 is 5.32 Å². The first-order chi connectivity index (χ1) is 13.1. The van der Waals surface area contributed by atoms with Gasteiger partial charge in [0.05, 0.1) is 17.3 Å². The van der Waals surface area contributed by atoms with E-state index in [2.05, 4.69) is 25.7 Å². The van der Waals surface area contributed by atoms with Crippen LogP contribution in [0.4, 0.5) is 0 Å². The highest BCUT2D eigenvalue weighted by molar-refractivity contribution is 6.30. The molecule has 3 aromatic heterocycles. The summed E-state index contributed by atoms with van der Waals surface area (Å²) in [7, 11) is 0. The van der Waals surface area contributed by atoms with Crippen molar-refractivity contribution in [2.24, 2.45) is 0 Å². The number of rotatable bonds is 5. The molecule has 27 heavy (non-hydrogen) atoms. The number of benzene rings is 1. The van der Waals surface area contributed by atoms with Gasteiger partial charge in [0.1, 0.15) is 12.2 Å². The van der Waals surface area contributed by atoms with Gasteiger partial charge in [0.15, 0.2) is 0 Å². The van der Waals surface area contributed by atoms with Crippen molar-refractivity contribution in [3.8, 4) is 11.4 Å². The van der Waals surface area contributed by atoms with E-state index < -0.39 is 0 Å². The lowest BCUT2D eigenvalue weighted by Crippen LogP contribution is -2.28. The zero-order chi connectivity index (χ0) is 18.8. The Morgan fingerprint density at radius 1 is 1.04 bits per heavy atom. The molecule has 0 aliphatic rings. The van der Waals surface area contributed by atoms with Gasteiger partial charge >= 0.3 is 0 Å². The lowest BCUT2D eigenvalue weighted by Gasteiger charge is -2.01. The van der Waals surface area contributed by atoms with E-state index in [-0.39, 0.29) is 19.0 Å². The number of aromatic nitrogens is 6. The molecule has 8 nitrogen and oxygen atoms in total. The summed E-state index contributed by atoms with van der Waals surface area (Å²) >= 11 is 11.8. The van der Waals surface area contributed by atoms with Crippen molar-refractivity contribution < 1.29 is 4.79 Å². The molecule has 1 aromatic carbocycles. The molecule has 0 unspecified atom stereocenters. The fourth-order valence-electron chi connectivity index (χ4n) is 2.50. The number of fused-ring (bicyclic) bond motifs is 1. The fraction of sp³-hybridized carbons (Fsp3) is 0.118. The number of halogens is 2. The molecule has 4 aromatic rings. The molecule has 1 amide bonds. The number of nitrogens with one attached hydrogen (secondary N) is 1. The number of carbonyl (C=O) groups is 1. The van der Waals surface area contributed by atoms with E-state index >= 15 is 0 Å². The zero-order valence-corrected chi connectivity index (χ0v) is 15.4. The molecule has 136 valence electrons. The fourth-order valence-corrected chi connectivity index (χ4v) is 2.79. The van der Waals surface area contributed by atoms with E-state index in [0.717, 1.165) is 16.9 Å². The number of pyridine rings is 1. The number of tetrazole rings is 1. The van der Waals surface area contributed by atoms with Crippen molar-refractivity contribution in [2.75, 3.05) is 0 Å². The molecular formula is C17H13Cl2N7O. The quantitative estimate of drug-likeness (QED) is 0.554. The van der Waals surface area contributed by atoms with Gasteiger partial charge < -0.3 is 9.72 Å². The van der Waals surface area contributed by atoms with Gasteiger partial charge in [-0.05, 0) is 41.6 Å². The third-order valence-electron chi connectivity index (χ3n) is 3.77. The van der Waals surface area contributed by atoms with Gasteiger partial charge in [-0.25, -0.2) is 4.98 Å². The number of carbonyl (C=O) groups excluding carboxylic acids is 1. The van der Waals surface area contributed by atoms with E-state index in [1.54, 1.807) is 40.9 Å². The third-order valence-corrected chi connectivity index (χ3v) is 4.25. The van der Waals surface area contributed by atoms with Crippen LogP contribution >= 0.6 is 23.2 Å². The van der Waals surface area contributed by atoms with Crippen molar-refractivity contribution >= 4 is 34.8 Å². The van der Waals surface area contributed by atoms with Crippen LogP contribution in [0.1, 0.15) is 5.69 Å². The standard InChI is InChI=1S/C17H13Cl2N7O/c18-12-3-1-11(2-4-12)17-22-24-26(23-17)10-16(27)20-7-14-9-25-8-13(19)5-6-15(25)21-14/h1-6,8-9H,7,10H2,(H,20,27). The molecule has 0 spiro atoms. The highest BCUT2D eigenvalue weighted by atomic mass is 35.5. The summed E-state index contributed by atoms with van der Waals surface area (Å²) in [6.45, 7) is 0.247. The molecule has 3 heterocycles. The highest BCUT2D eigenvalue weighted by Gasteiger charge is 2.10. The van der Waals surface area contributed by atoms with Crippen LogP contribution in [-0.4, -0.2) is 35.5 Å². The van der Waals surface area contributed by atoms with Crippen LogP contribution in [0.5, 0.6) is 0 Å². The lowest BCUT2D eigenvalue weighted by molar-refractivity contribution is -0.122. The second kappa shape index (κ2) is 7.34. The predicted molar refractivity (Wildman–Crippen MR) is 100 cm³/mol. The van der Waals surface area contributed by atoms with E-state index in [4.69, 9.17) is 23.2 Å². The van der Waals surface area contributed by atoms with Crippen molar-refractivity contribution in [1.29, 1.82) is 0 Å². The predicted octanol–water partition coefficient (Wildman–Crippen LogP) is 2.61. The van der Waals surface area contributed by atoms with E-state index in [9.17, 15) is 4.79 Å². The molecule has 0 radical (unpaired) electrons. The van der Waals surface area contributed by atoms with Crippen LogP contribution in [0, 0.1) is 0 Å². The molecule has 0 saturated carbocycles. The maximum atomic E-state index is 12.1. The molecule has 0 aliphatic heterocycles. The molecular weight excluding hydrogens is 389 g/mol. The lowest BCUT2D eigenvalue weighted by atomic mass is 10.2. The number of hydrogen-bond donors (Lipinski definition) is 1. The summed E-state index contributed by atoms with van der Waals surface area (Å²) in [5.74, 6) is 0.182. The Morgan fingerprint density at radius 3 is 2.63 bits per heavy atom. The smallest absolute Gasteiger partial charge is 0.244 e. The molecule has 0 aliphatic carbocycles. The maximum Gasteiger partial charge on any atom is 0.244 e. The monoisotopic (exact) mass is 401 g/mol. The van der Waals surface area contributed by atoms with Crippen LogP contribution in [-0.2, 0) is 17.9 Å². The first-order valence-electron chi connectivity index (χ1n) is 8.00. The van der Waals surface area contributed by atoms with Gasteiger partial charge in [-0.15, -0.1) is 10.2 Å². The van der Waals surface area contributed by atoms with Gasteiger partial charge in [0.25, 0.3) is 0 Å². The number of amides is 1. The molecule has 0 saturated heterocycles. The summed E-state index contributed by atoms with van der Waals surface area (Å²) in [6.07, 6.45) is 3.57. The molecule has 10 heteroatoms. The highest BCUT2D eigenvalue weighted by Crippen LogP contribution is 2.17. The summed E-state index contributed by atoms with van der Waals surface area (Å²) in [5.41, 5.74) is 2.25. The number of nitrogens with zero attached hydrogens (tertiary/aromatic N) is 6. The Labute approximate surface area is 163 Å².